The minimum Gasteiger partial charge on any atom is -0.396 e. The van der Waals surface area contributed by atoms with Gasteiger partial charge in [-0.05, 0) is 33.0 Å². The molecule has 0 aliphatic carbocycles. The number of aliphatic hydroxyl groups is 1. The summed E-state index contributed by atoms with van der Waals surface area (Å²) in [5, 5.41) is 12.4. The average molecular weight is 172 g/mol. The molecule has 1 rings (SSSR count). The van der Waals surface area contributed by atoms with Crippen molar-refractivity contribution in [1.82, 2.24) is 10.2 Å². The molecule has 72 valence electrons. The summed E-state index contributed by atoms with van der Waals surface area (Å²) in [6.45, 7) is 5.63. The smallest absolute Gasteiger partial charge is 0.0449 e. The molecular formula is C9H20N2O. The summed E-state index contributed by atoms with van der Waals surface area (Å²) in [7, 11) is 2.14. The molecule has 1 unspecified atom stereocenters. The first-order chi connectivity index (χ1) is 5.72. The molecule has 0 bridgehead atoms. The van der Waals surface area contributed by atoms with E-state index >= 15 is 0 Å². The Kier molecular flexibility index (Phi) is 3.50. The molecule has 0 aromatic carbocycles. The molecule has 0 aromatic rings. The molecule has 1 fully saturated rings. The number of likely N-dealkylation sites (N-methyl/N-ethyl adjacent to an activating group) is 2. The van der Waals surface area contributed by atoms with E-state index in [9.17, 15) is 0 Å². The van der Waals surface area contributed by atoms with E-state index in [1.165, 1.54) is 0 Å². The van der Waals surface area contributed by atoms with Crippen molar-refractivity contribution in [2.75, 3.05) is 33.3 Å². The van der Waals surface area contributed by atoms with Crippen molar-refractivity contribution in [3.8, 4) is 0 Å². The summed E-state index contributed by atoms with van der Waals surface area (Å²) in [5.74, 6) is 0. The van der Waals surface area contributed by atoms with Gasteiger partial charge in [0.2, 0.25) is 0 Å². The van der Waals surface area contributed by atoms with Gasteiger partial charge in [0.15, 0.2) is 0 Å². The maximum absolute atomic E-state index is 8.95. The monoisotopic (exact) mass is 172 g/mol. The van der Waals surface area contributed by atoms with Gasteiger partial charge in [-0.1, -0.05) is 6.92 Å². The van der Waals surface area contributed by atoms with Crippen LogP contribution in [0.2, 0.25) is 0 Å². The largest absolute Gasteiger partial charge is 0.396 e. The number of nitrogens with one attached hydrogen (secondary N) is 1. The highest BCUT2D eigenvalue weighted by Crippen LogP contribution is 2.23. The highest BCUT2D eigenvalue weighted by atomic mass is 16.3. The van der Waals surface area contributed by atoms with Crippen molar-refractivity contribution in [1.29, 1.82) is 0 Å². The van der Waals surface area contributed by atoms with Crippen molar-refractivity contribution in [2.24, 2.45) is 0 Å². The Morgan fingerprint density at radius 1 is 1.58 bits per heavy atom. The average Bonchev–Trinajstić information content (AvgIpc) is 2.34. The molecule has 2 N–H and O–H groups in total. The fourth-order valence-electron chi connectivity index (χ4n) is 2.11. The Labute approximate surface area is 74.8 Å². The van der Waals surface area contributed by atoms with Gasteiger partial charge >= 0.3 is 0 Å². The minimum atomic E-state index is 0.193. The predicted octanol–water partition coefficient (Wildman–Crippen LogP) is 0.0526. The summed E-state index contributed by atoms with van der Waals surface area (Å²) in [5.41, 5.74) is 0.193. The van der Waals surface area contributed by atoms with E-state index in [1.54, 1.807) is 0 Å². The Hall–Kier alpha value is -0.120. The van der Waals surface area contributed by atoms with Crippen LogP contribution in [0.5, 0.6) is 0 Å². The first kappa shape index (κ1) is 9.96. The summed E-state index contributed by atoms with van der Waals surface area (Å²) >= 11 is 0. The number of hydrogen-bond acceptors (Lipinski definition) is 3. The lowest BCUT2D eigenvalue weighted by Gasteiger charge is -2.29. The Morgan fingerprint density at radius 2 is 2.33 bits per heavy atom. The van der Waals surface area contributed by atoms with Crippen LogP contribution in [-0.2, 0) is 0 Å². The van der Waals surface area contributed by atoms with Crippen LogP contribution in [0.4, 0.5) is 0 Å². The standard InChI is InChI=1S/C9H20N2O/c1-3-10-9(5-7-12)4-6-11(2)8-9/h10,12H,3-8H2,1-2H3. The quantitative estimate of drug-likeness (QED) is 0.629. The van der Waals surface area contributed by atoms with E-state index in [0.717, 1.165) is 32.5 Å². The number of hydrogen-bond donors (Lipinski definition) is 2. The van der Waals surface area contributed by atoms with E-state index in [-0.39, 0.29) is 5.54 Å². The van der Waals surface area contributed by atoms with Gasteiger partial charge in [-0.15, -0.1) is 0 Å². The van der Waals surface area contributed by atoms with Crippen LogP contribution in [0.15, 0.2) is 0 Å². The van der Waals surface area contributed by atoms with E-state index in [2.05, 4.69) is 24.2 Å². The molecule has 0 aromatic heterocycles. The van der Waals surface area contributed by atoms with Gasteiger partial charge in [0.1, 0.15) is 0 Å². The normalized spacial score (nSPS) is 31.2. The van der Waals surface area contributed by atoms with Crippen LogP contribution >= 0.6 is 0 Å². The second kappa shape index (κ2) is 4.21. The zero-order valence-corrected chi connectivity index (χ0v) is 8.14. The topological polar surface area (TPSA) is 35.5 Å². The molecule has 1 saturated heterocycles. The van der Waals surface area contributed by atoms with E-state index < -0.39 is 0 Å². The van der Waals surface area contributed by atoms with Crippen LogP contribution in [0.25, 0.3) is 0 Å². The first-order valence-electron chi connectivity index (χ1n) is 4.77. The van der Waals surface area contributed by atoms with Crippen LogP contribution in [0, 0.1) is 0 Å². The van der Waals surface area contributed by atoms with Crippen molar-refractivity contribution in [2.45, 2.75) is 25.3 Å². The molecule has 0 amide bonds. The summed E-state index contributed by atoms with van der Waals surface area (Å²) in [6, 6.07) is 0. The zero-order valence-electron chi connectivity index (χ0n) is 8.14. The lowest BCUT2D eigenvalue weighted by molar-refractivity contribution is 0.211. The lowest BCUT2D eigenvalue weighted by Crippen LogP contribution is -2.47. The molecule has 3 heteroatoms. The second-order valence-corrected chi connectivity index (χ2v) is 3.77. The third kappa shape index (κ3) is 2.19. The third-order valence-electron chi connectivity index (χ3n) is 2.69. The van der Waals surface area contributed by atoms with Crippen molar-refractivity contribution in [3.63, 3.8) is 0 Å². The molecule has 1 aliphatic heterocycles. The van der Waals surface area contributed by atoms with Crippen LogP contribution in [0.1, 0.15) is 19.8 Å². The molecule has 1 aliphatic rings. The summed E-state index contributed by atoms with van der Waals surface area (Å²) < 4.78 is 0. The maximum Gasteiger partial charge on any atom is 0.0449 e. The summed E-state index contributed by atoms with van der Waals surface area (Å²) in [6.07, 6.45) is 2.04. The van der Waals surface area contributed by atoms with E-state index in [4.69, 9.17) is 5.11 Å². The number of aliphatic hydroxyl groups excluding tert-OH is 1. The van der Waals surface area contributed by atoms with Crippen molar-refractivity contribution < 1.29 is 5.11 Å². The molecule has 0 saturated carbocycles. The van der Waals surface area contributed by atoms with Gasteiger partial charge in [0, 0.05) is 18.7 Å². The van der Waals surface area contributed by atoms with Gasteiger partial charge in [-0.2, -0.15) is 0 Å². The van der Waals surface area contributed by atoms with Gasteiger partial charge < -0.3 is 15.3 Å². The maximum atomic E-state index is 8.95. The highest BCUT2D eigenvalue weighted by molar-refractivity contribution is 4.95. The molecule has 3 nitrogen and oxygen atoms in total. The third-order valence-corrected chi connectivity index (χ3v) is 2.69. The van der Waals surface area contributed by atoms with Gasteiger partial charge in [-0.3, -0.25) is 0 Å². The zero-order chi connectivity index (χ0) is 9.03. The van der Waals surface area contributed by atoms with E-state index in [0.29, 0.717) is 6.61 Å². The predicted molar refractivity (Wildman–Crippen MR) is 50.2 cm³/mol. The molecular weight excluding hydrogens is 152 g/mol. The van der Waals surface area contributed by atoms with E-state index in [1.807, 2.05) is 0 Å². The van der Waals surface area contributed by atoms with Crippen LogP contribution < -0.4 is 5.32 Å². The minimum absolute atomic E-state index is 0.193. The Bertz CT molecular complexity index is 127. The van der Waals surface area contributed by atoms with Gasteiger partial charge in [-0.25, -0.2) is 0 Å². The van der Waals surface area contributed by atoms with Crippen molar-refractivity contribution >= 4 is 0 Å². The summed E-state index contributed by atoms with van der Waals surface area (Å²) in [4.78, 5) is 2.32. The molecule has 0 radical (unpaired) electrons. The van der Waals surface area contributed by atoms with Crippen molar-refractivity contribution in [3.05, 3.63) is 0 Å². The lowest BCUT2D eigenvalue weighted by atomic mass is 9.94. The Morgan fingerprint density at radius 3 is 2.75 bits per heavy atom. The van der Waals surface area contributed by atoms with Gasteiger partial charge in [0.05, 0.1) is 0 Å². The van der Waals surface area contributed by atoms with Gasteiger partial charge in [0.25, 0.3) is 0 Å². The molecule has 1 heterocycles. The first-order valence-corrected chi connectivity index (χ1v) is 4.77. The number of rotatable bonds is 4. The molecule has 12 heavy (non-hydrogen) atoms. The number of nitrogens with zero attached hydrogens (tertiary/aromatic N) is 1. The van der Waals surface area contributed by atoms with Crippen LogP contribution in [-0.4, -0.2) is 48.8 Å². The molecule has 0 spiro atoms. The van der Waals surface area contributed by atoms with Crippen LogP contribution in [0.3, 0.4) is 0 Å². The fraction of sp³-hybridized carbons (Fsp3) is 1.00. The fourth-order valence-corrected chi connectivity index (χ4v) is 2.11. The molecule has 1 atom stereocenters. The highest BCUT2D eigenvalue weighted by Gasteiger charge is 2.34. The second-order valence-electron chi connectivity index (χ2n) is 3.77. The SMILES string of the molecule is CCNC1(CCO)CCN(C)C1. The number of likely N-dealkylation sites (tertiary alicyclic amines) is 1. The Balaban J connectivity index is 2.48.